The largest absolute Gasteiger partial charge is 0.477 e. The standard InChI is InChI=1S/C28H25Cl2N5O5/c29-19-3-1-4-20(30)23(19)24-18(25(40-34-24)14-7-8-14)13-38-17-11-15-9-10-16(12-17)35(15)28-33-32-26(39-28)21-5-2-6-22(31-21)27(36)37/h1-6,14-17H,7-13H2,(H,36,37)/t15-,16+,17?. The van der Waals surface area contributed by atoms with E-state index < -0.39 is 5.97 Å². The number of aromatic carboxylic acids is 1. The second kappa shape index (κ2) is 10.2. The van der Waals surface area contributed by atoms with Crippen LogP contribution in [0, 0.1) is 0 Å². The molecular formula is C28H25Cl2N5O5. The van der Waals surface area contributed by atoms with Crippen molar-refractivity contribution in [3.05, 3.63) is 63.5 Å². The summed E-state index contributed by atoms with van der Waals surface area (Å²) in [4.78, 5) is 17.6. The lowest BCUT2D eigenvalue weighted by Gasteiger charge is -2.37. The molecule has 0 spiro atoms. The second-order valence-electron chi connectivity index (χ2n) is 10.5. The maximum absolute atomic E-state index is 11.3. The first-order valence-corrected chi connectivity index (χ1v) is 14.1. The smallest absolute Gasteiger partial charge is 0.354 e. The Bertz CT molecular complexity index is 1550. The Balaban J connectivity index is 1.07. The zero-order chi connectivity index (χ0) is 27.4. The maximum atomic E-state index is 11.3. The minimum absolute atomic E-state index is 0.0431. The average molecular weight is 582 g/mol. The van der Waals surface area contributed by atoms with Gasteiger partial charge in [-0.1, -0.05) is 45.6 Å². The minimum atomic E-state index is -1.11. The molecule has 4 aromatic rings. The highest BCUT2D eigenvalue weighted by molar-refractivity contribution is 6.39. The highest BCUT2D eigenvalue weighted by atomic mass is 35.5. The van der Waals surface area contributed by atoms with Gasteiger partial charge in [-0.2, -0.15) is 0 Å². The lowest BCUT2D eigenvalue weighted by atomic mass is 10.00. The quantitative estimate of drug-likeness (QED) is 0.250. The number of piperidine rings is 1. The molecule has 12 heteroatoms. The number of carbonyl (C=O) groups is 1. The topological polar surface area (TPSA) is 128 Å². The van der Waals surface area contributed by atoms with Crippen molar-refractivity contribution >= 4 is 35.2 Å². The Morgan fingerprint density at radius 3 is 2.45 bits per heavy atom. The Morgan fingerprint density at radius 1 is 1.02 bits per heavy atom. The van der Waals surface area contributed by atoms with E-state index in [1.807, 2.05) is 6.07 Å². The van der Waals surface area contributed by atoms with E-state index in [1.165, 1.54) is 6.07 Å². The summed E-state index contributed by atoms with van der Waals surface area (Å²) >= 11 is 13.0. The maximum Gasteiger partial charge on any atom is 0.354 e. The number of anilines is 1. The molecule has 2 bridgehead atoms. The predicted molar refractivity (Wildman–Crippen MR) is 146 cm³/mol. The van der Waals surface area contributed by atoms with Crippen LogP contribution in [0.15, 0.2) is 45.3 Å². The zero-order valence-electron chi connectivity index (χ0n) is 21.3. The molecule has 3 aromatic heterocycles. The molecule has 1 saturated carbocycles. The third kappa shape index (κ3) is 4.63. The molecule has 3 aliphatic rings. The van der Waals surface area contributed by atoms with E-state index in [2.05, 4.69) is 25.2 Å². The Hall–Kier alpha value is -3.47. The Morgan fingerprint density at radius 2 is 1.75 bits per heavy atom. The molecule has 1 aromatic carbocycles. The number of halogens is 2. The molecule has 5 heterocycles. The number of carboxylic acid groups (broad SMARTS) is 1. The fourth-order valence-corrected chi connectivity index (χ4v) is 6.50. The molecule has 10 nitrogen and oxygen atoms in total. The van der Waals surface area contributed by atoms with Gasteiger partial charge in [0.25, 0.3) is 5.89 Å². The van der Waals surface area contributed by atoms with Crippen molar-refractivity contribution in [1.29, 1.82) is 0 Å². The molecule has 1 unspecified atom stereocenters. The van der Waals surface area contributed by atoms with E-state index in [1.54, 1.807) is 24.3 Å². The van der Waals surface area contributed by atoms with Gasteiger partial charge in [-0.25, -0.2) is 9.78 Å². The summed E-state index contributed by atoms with van der Waals surface area (Å²) in [5.74, 6) is 0.308. The van der Waals surface area contributed by atoms with Crippen LogP contribution in [0.3, 0.4) is 0 Å². The summed E-state index contributed by atoms with van der Waals surface area (Å²) in [6.07, 6.45) is 5.80. The van der Waals surface area contributed by atoms with Crippen LogP contribution in [0.4, 0.5) is 6.01 Å². The molecule has 7 rings (SSSR count). The Kier molecular flexibility index (Phi) is 6.48. The van der Waals surface area contributed by atoms with Crippen LogP contribution in [0.2, 0.25) is 10.0 Å². The van der Waals surface area contributed by atoms with E-state index in [-0.39, 0.29) is 29.8 Å². The number of rotatable bonds is 8. The van der Waals surface area contributed by atoms with E-state index in [0.29, 0.717) is 45.5 Å². The van der Waals surface area contributed by atoms with Gasteiger partial charge in [0.15, 0.2) is 0 Å². The molecule has 2 saturated heterocycles. The number of ether oxygens (including phenoxy) is 1. The van der Waals surface area contributed by atoms with Crippen molar-refractivity contribution in [3.63, 3.8) is 0 Å². The normalized spacial score (nSPS) is 22.1. The molecular weight excluding hydrogens is 557 g/mol. The molecule has 3 atom stereocenters. The number of hydrogen-bond acceptors (Lipinski definition) is 9. The van der Waals surface area contributed by atoms with Crippen molar-refractivity contribution in [2.75, 3.05) is 4.90 Å². The molecule has 40 heavy (non-hydrogen) atoms. The molecule has 2 aliphatic heterocycles. The first-order valence-electron chi connectivity index (χ1n) is 13.3. The summed E-state index contributed by atoms with van der Waals surface area (Å²) in [5, 5.41) is 23.1. The van der Waals surface area contributed by atoms with Crippen LogP contribution < -0.4 is 4.90 Å². The molecule has 0 radical (unpaired) electrons. The van der Waals surface area contributed by atoms with Crippen LogP contribution in [0.5, 0.6) is 0 Å². The average Bonchev–Trinajstić information content (AvgIpc) is 3.41. The summed E-state index contributed by atoms with van der Waals surface area (Å²) in [7, 11) is 0. The molecule has 206 valence electrons. The van der Waals surface area contributed by atoms with Gasteiger partial charge in [0, 0.05) is 29.1 Å². The number of hydrogen-bond donors (Lipinski definition) is 1. The van der Waals surface area contributed by atoms with Crippen LogP contribution in [0.25, 0.3) is 22.8 Å². The van der Waals surface area contributed by atoms with Crippen LogP contribution in [-0.2, 0) is 11.3 Å². The van der Waals surface area contributed by atoms with Crippen molar-refractivity contribution in [1.82, 2.24) is 20.3 Å². The number of pyridine rings is 1. The van der Waals surface area contributed by atoms with Gasteiger partial charge < -0.3 is 23.7 Å². The minimum Gasteiger partial charge on any atom is -0.477 e. The summed E-state index contributed by atoms with van der Waals surface area (Å²) in [6.45, 7) is 0.368. The van der Waals surface area contributed by atoms with Gasteiger partial charge in [-0.15, -0.1) is 5.10 Å². The zero-order valence-corrected chi connectivity index (χ0v) is 22.8. The van der Waals surface area contributed by atoms with Crippen molar-refractivity contribution in [3.8, 4) is 22.8 Å². The number of fused-ring (bicyclic) bond motifs is 2. The highest BCUT2D eigenvalue weighted by Crippen LogP contribution is 2.47. The molecule has 1 aliphatic carbocycles. The predicted octanol–water partition coefficient (Wildman–Crippen LogP) is 6.39. The van der Waals surface area contributed by atoms with Crippen LogP contribution in [0.1, 0.15) is 66.3 Å². The lowest BCUT2D eigenvalue weighted by molar-refractivity contribution is 0.0139. The fraction of sp³-hybridized carbons (Fsp3) is 0.393. The first-order chi connectivity index (χ1) is 19.5. The van der Waals surface area contributed by atoms with Gasteiger partial charge in [-0.05, 0) is 62.8 Å². The van der Waals surface area contributed by atoms with E-state index >= 15 is 0 Å². The number of benzene rings is 1. The summed E-state index contributed by atoms with van der Waals surface area (Å²) < 4.78 is 18.3. The number of aromatic nitrogens is 4. The third-order valence-electron chi connectivity index (χ3n) is 7.94. The second-order valence-corrected chi connectivity index (χ2v) is 11.4. The fourth-order valence-electron chi connectivity index (χ4n) is 5.92. The van der Waals surface area contributed by atoms with Gasteiger partial charge in [0.1, 0.15) is 22.8 Å². The summed E-state index contributed by atoms with van der Waals surface area (Å²) in [5.41, 5.74) is 2.50. The van der Waals surface area contributed by atoms with E-state index in [0.717, 1.165) is 49.8 Å². The van der Waals surface area contributed by atoms with Gasteiger partial charge in [0.2, 0.25) is 0 Å². The monoisotopic (exact) mass is 581 g/mol. The molecule has 1 N–H and O–H groups in total. The Labute approximate surface area is 239 Å². The molecule has 3 fully saturated rings. The van der Waals surface area contributed by atoms with Gasteiger partial charge in [0.05, 0.1) is 22.8 Å². The van der Waals surface area contributed by atoms with Crippen molar-refractivity contribution in [2.24, 2.45) is 0 Å². The van der Waals surface area contributed by atoms with Crippen LogP contribution in [-0.4, -0.2) is 49.6 Å². The SMILES string of the molecule is O=C(O)c1cccc(-c2nnc(N3[C@@H]4CC[C@H]3CC(OCc3c(-c5c(Cl)cccc5Cl)noc3C3CC3)C4)o2)n1. The third-order valence-corrected chi connectivity index (χ3v) is 8.57. The van der Waals surface area contributed by atoms with Gasteiger partial charge >= 0.3 is 12.0 Å². The van der Waals surface area contributed by atoms with E-state index in [9.17, 15) is 9.90 Å². The van der Waals surface area contributed by atoms with E-state index in [4.69, 9.17) is 36.9 Å². The van der Waals surface area contributed by atoms with Gasteiger partial charge in [-0.3, -0.25) is 0 Å². The summed E-state index contributed by atoms with van der Waals surface area (Å²) in [6, 6.07) is 10.9. The number of nitrogens with zero attached hydrogens (tertiary/aromatic N) is 5. The lowest BCUT2D eigenvalue weighted by Crippen LogP contribution is -2.45. The highest BCUT2D eigenvalue weighted by Gasteiger charge is 2.44. The van der Waals surface area contributed by atoms with Crippen molar-refractivity contribution < 1.29 is 23.6 Å². The number of carboxylic acids is 1. The molecule has 0 amide bonds. The van der Waals surface area contributed by atoms with Crippen LogP contribution >= 0.6 is 23.2 Å². The van der Waals surface area contributed by atoms with Crippen molar-refractivity contribution in [2.45, 2.75) is 69.2 Å². The first kappa shape index (κ1) is 25.5.